The van der Waals surface area contributed by atoms with Crippen LogP contribution >= 0.6 is 7.82 Å². The van der Waals surface area contributed by atoms with Crippen molar-refractivity contribution in [3.8, 4) is 0 Å². The van der Waals surface area contributed by atoms with E-state index in [1.165, 1.54) is 212 Å². The Hall–Kier alpha value is -2.03. The Labute approximate surface area is 484 Å². The first-order chi connectivity index (χ1) is 37.9. The van der Waals surface area contributed by atoms with Crippen LogP contribution in [0.1, 0.15) is 323 Å². The summed E-state index contributed by atoms with van der Waals surface area (Å²) in [6.07, 6.45) is 72.5. The highest BCUT2D eigenvalue weighted by molar-refractivity contribution is 7.47. The molecule has 78 heavy (non-hydrogen) atoms. The lowest BCUT2D eigenvalue weighted by Gasteiger charge is -2.27. The largest absolute Gasteiger partial charge is 0.472 e. The van der Waals surface area contributed by atoms with Crippen molar-refractivity contribution in [3.05, 3.63) is 48.6 Å². The number of hydrogen-bond acceptors (Lipinski definition) is 6. The highest BCUT2D eigenvalue weighted by atomic mass is 31.2. The normalized spacial score (nSPS) is 13.9. The highest BCUT2D eigenvalue weighted by Crippen LogP contribution is 2.43. The molecule has 0 saturated carbocycles. The maximum absolute atomic E-state index is 13.6. The SMILES string of the molecule is CCCCC/C=C\C/C=C\CCCCCCCCCC(=O)OC(/C=C\CCCCCCCCCCCC)C(COP(=O)(O)OCC[N+](C)(C)C)NC(=O)CCCCCCCCCCCCCCC/C=C/CCCCCCCC. The van der Waals surface area contributed by atoms with Crippen LogP contribution in [0.15, 0.2) is 48.6 Å². The second-order valence-electron chi connectivity index (χ2n) is 24.0. The second-order valence-corrected chi connectivity index (χ2v) is 25.4. The molecule has 2 N–H and O–H groups in total. The van der Waals surface area contributed by atoms with Crippen LogP contribution in [0.25, 0.3) is 0 Å². The maximum Gasteiger partial charge on any atom is 0.472 e. The Bertz CT molecular complexity index is 1470. The molecule has 0 radical (unpaired) electrons. The van der Waals surface area contributed by atoms with Gasteiger partial charge in [0.05, 0.1) is 33.8 Å². The summed E-state index contributed by atoms with van der Waals surface area (Å²) in [4.78, 5) is 37.8. The van der Waals surface area contributed by atoms with Crippen molar-refractivity contribution in [2.75, 3.05) is 40.9 Å². The Morgan fingerprint density at radius 1 is 0.449 bits per heavy atom. The molecular weight excluding hydrogens is 988 g/mol. The van der Waals surface area contributed by atoms with Crippen molar-refractivity contribution < 1.29 is 37.3 Å². The number of allylic oxidation sites excluding steroid dienone is 7. The topological polar surface area (TPSA) is 111 Å². The van der Waals surface area contributed by atoms with Crippen LogP contribution in [-0.4, -0.2) is 74.3 Å². The van der Waals surface area contributed by atoms with Crippen molar-refractivity contribution in [1.29, 1.82) is 0 Å². The average Bonchev–Trinajstić information content (AvgIpc) is 3.40. The van der Waals surface area contributed by atoms with Gasteiger partial charge in [0.25, 0.3) is 0 Å². The molecular formula is C68H130N2O7P+. The maximum atomic E-state index is 13.6. The molecule has 3 unspecified atom stereocenters. The molecule has 1 amide bonds. The predicted octanol–water partition coefficient (Wildman–Crippen LogP) is 20.8. The summed E-state index contributed by atoms with van der Waals surface area (Å²) >= 11 is 0. The van der Waals surface area contributed by atoms with Gasteiger partial charge in [-0.15, -0.1) is 0 Å². The number of hydrogen-bond donors (Lipinski definition) is 2. The van der Waals surface area contributed by atoms with Crippen molar-refractivity contribution in [1.82, 2.24) is 5.32 Å². The molecule has 0 aromatic heterocycles. The molecule has 0 aliphatic carbocycles. The minimum Gasteiger partial charge on any atom is -0.456 e. The van der Waals surface area contributed by atoms with Crippen LogP contribution in [0.2, 0.25) is 0 Å². The molecule has 0 heterocycles. The van der Waals surface area contributed by atoms with Crippen molar-refractivity contribution >= 4 is 19.7 Å². The molecule has 0 saturated heterocycles. The van der Waals surface area contributed by atoms with Crippen molar-refractivity contribution in [2.45, 2.75) is 335 Å². The lowest BCUT2D eigenvalue weighted by atomic mass is 10.0. The number of unbranched alkanes of at least 4 members (excludes halogenated alkanes) is 39. The predicted molar refractivity (Wildman–Crippen MR) is 337 cm³/mol. The van der Waals surface area contributed by atoms with Gasteiger partial charge in [0, 0.05) is 12.8 Å². The third kappa shape index (κ3) is 58.6. The molecule has 10 heteroatoms. The van der Waals surface area contributed by atoms with Crippen LogP contribution in [0, 0.1) is 0 Å². The van der Waals surface area contributed by atoms with E-state index in [9.17, 15) is 19.0 Å². The Morgan fingerprint density at radius 2 is 0.782 bits per heavy atom. The van der Waals surface area contributed by atoms with E-state index in [0.717, 1.165) is 77.0 Å². The molecule has 9 nitrogen and oxygen atoms in total. The number of rotatable bonds is 61. The molecule has 0 aliphatic rings. The van der Waals surface area contributed by atoms with Crippen LogP contribution in [0.4, 0.5) is 0 Å². The minimum atomic E-state index is -4.45. The molecule has 0 aromatic rings. The Balaban J connectivity index is 5.13. The fourth-order valence-corrected chi connectivity index (χ4v) is 10.5. The molecule has 0 bridgehead atoms. The van der Waals surface area contributed by atoms with Gasteiger partial charge in [0.2, 0.25) is 5.91 Å². The molecule has 0 spiro atoms. The van der Waals surface area contributed by atoms with Gasteiger partial charge in [-0.1, -0.05) is 269 Å². The second kappa shape index (κ2) is 58.2. The number of carbonyl (C=O) groups excluding carboxylic acids is 2. The zero-order valence-corrected chi connectivity index (χ0v) is 53.3. The Kier molecular flexibility index (Phi) is 56.7. The number of carbonyl (C=O) groups is 2. The molecule has 0 rings (SSSR count). The standard InChI is InChI=1S/C68H129N2O7P/c1-7-10-13-16-19-22-25-28-30-32-33-34-35-36-37-39-40-42-45-48-51-54-57-60-67(71)69-65(64-76-78(73,74)75-63-62-70(4,5)6)66(59-56-53-50-47-44-27-24-21-18-15-12-9-3)77-68(72)61-58-55-52-49-46-43-41-38-31-29-26-23-20-17-14-11-8-2/h20,23,28-31,56,59,65-66H,7-19,21-22,24-27,32-55,57-58,60-64H2,1-6H3,(H-,69,71,73,74)/p+1/b23-20-,30-28+,31-29-,59-56-. The van der Waals surface area contributed by atoms with Gasteiger partial charge in [0.15, 0.2) is 0 Å². The number of likely N-dealkylation sites (N-methyl/N-ethyl adjacent to an activating group) is 1. The minimum absolute atomic E-state index is 0.0397. The van der Waals surface area contributed by atoms with Crippen LogP contribution < -0.4 is 5.32 Å². The third-order valence-corrected chi connectivity index (χ3v) is 16.0. The van der Waals surface area contributed by atoms with Crippen LogP contribution in [0.3, 0.4) is 0 Å². The number of amides is 1. The van der Waals surface area contributed by atoms with Gasteiger partial charge in [-0.2, -0.15) is 0 Å². The van der Waals surface area contributed by atoms with Gasteiger partial charge in [0.1, 0.15) is 19.3 Å². The van der Waals surface area contributed by atoms with E-state index in [4.69, 9.17) is 13.8 Å². The fraction of sp³-hybridized carbons (Fsp3) is 0.853. The van der Waals surface area contributed by atoms with E-state index in [1.807, 2.05) is 33.3 Å². The molecule has 0 aromatic carbocycles. The van der Waals surface area contributed by atoms with E-state index in [0.29, 0.717) is 17.4 Å². The first kappa shape index (κ1) is 76.0. The van der Waals surface area contributed by atoms with E-state index in [1.54, 1.807) is 0 Å². The zero-order chi connectivity index (χ0) is 57.2. The third-order valence-electron chi connectivity index (χ3n) is 15.0. The monoisotopic (exact) mass is 1120 g/mol. The lowest BCUT2D eigenvalue weighted by Crippen LogP contribution is -2.47. The van der Waals surface area contributed by atoms with Crippen molar-refractivity contribution in [2.24, 2.45) is 0 Å². The number of quaternary nitrogens is 1. The first-order valence-electron chi connectivity index (χ1n) is 33.5. The first-order valence-corrected chi connectivity index (χ1v) is 35.0. The average molecular weight is 1120 g/mol. The summed E-state index contributed by atoms with van der Waals surface area (Å²) in [6, 6.07) is -0.851. The quantitative estimate of drug-likeness (QED) is 0.0205. The number of phosphoric ester groups is 1. The van der Waals surface area contributed by atoms with Gasteiger partial charge in [-0.3, -0.25) is 18.6 Å². The van der Waals surface area contributed by atoms with E-state index < -0.39 is 20.0 Å². The molecule has 458 valence electrons. The summed E-state index contributed by atoms with van der Waals surface area (Å²) in [5.74, 6) is -0.503. The van der Waals surface area contributed by atoms with Gasteiger partial charge in [-0.05, 0) is 89.5 Å². The summed E-state index contributed by atoms with van der Waals surface area (Å²) in [6.45, 7) is 7.01. The number of nitrogens with one attached hydrogen (secondary N) is 1. The summed E-state index contributed by atoms with van der Waals surface area (Å²) in [5, 5.41) is 3.07. The number of phosphoric acid groups is 1. The number of nitrogens with zero attached hydrogens (tertiary/aromatic N) is 1. The van der Waals surface area contributed by atoms with Crippen LogP contribution in [-0.2, 0) is 27.9 Å². The summed E-state index contributed by atoms with van der Waals surface area (Å²) < 4.78 is 30.8. The van der Waals surface area contributed by atoms with Crippen molar-refractivity contribution in [3.63, 3.8) is 0 Å². The molecule has 3 atom stereocenters. The molecule has 0 fully saturated rings. The van der Waals surface area contributed by atoms with E-state index in [-0.39, 0.29) is 31.5 Å². The van der Waals surface area contributed by atoms with E-state index in [2.05, 4.69) is 62.5 Å². The van der Waals surface area contributed by atoms with Gasteiger partial charge < -0.3 is 19.4 Å². The molecule has 0 aliphatic heterocycles. The lowest BCUT2D eigenvalue weighted by molar-refractivity contribution is -0.870. The number of ether oxygens (including phenoxy) is 1. The summed E-state index contributed by atoms with van der Waals surface area (Å²) in [7, 11) is 1.50. The Morgan fingerprint density at radius 3 is 1.19 bits per heavy atom. The fourth-order valence-electron chi connectivity index (χ4n) is 9.79. The summed E-state index contributed by atoms with van der Waals surface area (Å²) in [5.41, 5.74) is 0. The van der Waals surface area contributed by atoms with Gasteiger partial charge in [-0.25, -0.2) is 4.57 Å². The smallest absolute Gasteiger partial charge is 0.456 e. The van der Waals surface area contributed by atoms with Crippen LogP contribution in [0.5, 0.6) is 0 Å². The van der Waals surface area contributed by atoms with E-state index >= 15 is 0 Å². The highest BCUT2D eigenvalue weighted by Gasteiger charge is 2.30. The zero-order valence-electron chi connectivity index (χ0n) is 52.4. The van der Waals surface area contributed by atoms with Gasteiger partial charge >= 0.3 is 13.8 Å². The number of esters is 1.